The van der Waals surface area contributed by atoms with Gasteiger partial charge in [-0.2, -0.15) is 23.3 Å². The van der Waals surface area contributed by atoms with Crippen LogP contribution in [-0.2, 0) is 18.0 Å². The molecule has 3 heterocycles. The molecular formula is C22H22F5N5O2. The molecule has 5 rings (SSSR count). The minimum Gasteiger partial charge on any atom is -0.503 e. The Bertz CT molecular complexity index is 1250. The first-order chi connectivity index (χ1) is 16.1. The first-order valence-corrected chi connectivity index (χ1v) is 11.0. The molecule has 1 spiro atoms. The Hall–Kier alpha value is -3.02. The van der Waals surface area contributed by atoms with Crippen LogP contribution in [0.2, 0.25) is 0 Å². The van der Waals surface area contributed by atoms with Crippen LogP contribution in [0.4, 0.5) is 27.9 Å². The number of phenols is 1. The van der Waals surface area contributed by atoms with Crippen LogP contribution < -0.4 is 5.32 Å². The molecule has 2 N–H and O–H groups in total. The SMILES string of the molecule is Cn1nc(-c2cc(C(F)(F)F)c(F)c(O)c2F)c2cnc(NC3CCOC4(CCCC4)C3)nc21. The molecule has 0 radical (unpaired) electrons. The van der Waals surface area contributed by atoms with Crippen molar-refractivity contribution in [3.05, 3.63) is 29.5 Å². The summed E-state index contributed by atoms with van der Waals surface area (Å²) >= 11 is 0. The molecule has 7 nitrogen and oxygen atoms in total. The summed E-state index contributed by atoms with van der Waals surface area (Å²) in [5, 5.41) is 17.2. The van der Waals surface area contributed by atoms with E-state index in [4.69, 9.17) is 4.74 Å². The van der Waals surface area contributed by atoms with Gasteiger partial charge in [-0.25, -0.2) is 18.4 Å². The maximum Gasteiger partial charge on any atom is 0.419 e. The lowest BCUT2D eigenvalue weighted by molar-refractivity contribution is -0.140. The van der Waals surface area contributed by atoms with E-state index in [2.05, 4.69) is 20.4 Å². The molecule has 2 aliphatic rings. The number of hydrogen-bond donors (Lipinski definition) is 2. The Kier molecular flexibility index (Phi) is 5.38. The van der Waals surface area contributed by atoms with Crippen molar-refractivity contribution in [2.75, 3.05) is 11.9 Å². The molecule has 2 fully saturated rings. The molecule has 34 heavy (non-hydrogen) atoms. The van der Waals surface area contributed by atoms with Crippen LogP contribution in [0.1, 0.15) is 44.1 Å². The van der Waals surface area contributed by atoms with Crippen LogP contribution >= 0.6 is 0 Å². The number of fused-ring (bicyclic) bond motifs is 1. The zero-order valence-electron chi connectivity index (χ0n) is 18.2. The number of aryl methyl sites for hydroxylation is 1. The topological polar surface area (TPSA) is 85.1 Å². The minimum atomic E-state index is -5.14. The molecule has 0 amide bonds. The van der Waals surface area contributed by atoms with Gasteiger partial charge >= 0.3 is 6.18 Å². The van der Waals surface area contributed by atoms with Gasteiger partial charge < -0.3 is 15.2 Å². The van der Waals surface area contributed by atoms with Crippen molar-refractivity contribution in [1.29, 1.82) is 0 Å². The highest BCUT2D eigenvalue weighted by Crippen LogP contribution is 2.42. The number of aromatic hydroxyl groups is 1. The summed E-state index contributed by atoms with van der Waals surface area (Å²) in [6.07, 6.45) is 2.11. The Morgan fingerprint density at radius 1 is 1.21 bits per heavy atom. The monoisotopic (exact) mass is 483 g/mol. The number of ether oxygens (including phenoxy) is 1. The number of alkyl halides is 3. The summed E-state index contributed by atoms with van der Waals surface area (Å²) in [5.74, 6) is -5.03. The molecular weight excluding hydrogens is 461 g/mol. The number of nitrogens with zero attached hydrogens (tertiary/aromatic N) is 4. The maximum absolute atomic E-state index is 14.6. The smallest absolute Gasteiger partial charge is 0.419 e. The van der Waals surface area contributed by atoms with Crippen molar-refractivity contribution >= 4 is 17.0 Å². The summed E-state index contributed by atoms with van der Waals surface area (Å²) in [7, 11) is 1.50. The fourth-order valence-electron chi connectivity index (χ4n) is 5.01. The second-order valence-corrected chi connectivity index (χ2v) is 8.92. The number of phenolic OH excluding ortho intramolecular Hbond substituents is 1. The molecule has 3 aromatic rings. The minimum absolute atomic E-state index is 0.0952. The second-order valence-electron chi connectivity index (χ2n) is 8.92. The van der Waals surface area contributed by atoms with Gasteiger partial charge in [-0.3, -0.25) is 0 Å². The van der Waals surface area contributed by atoms with Gasteiger partial charge in [0.1, 0.15) is 5.69 Å². The normalized spacial score (nSPS) is 20.4. The summed E-state index contributed by atoms with van der Waals surface area (Å²) in [6, 6.07) is 0.388. The fourth-order valence-corrected chi connectivity index (χ4v) is 5.01. The lowest BCUT2D eigenvalue weighted by Crippen LogP contribution is -2.42. The molecule has 1 aliphatic heterocycles. The number of nitrogens with one attached hydrogen (secondary N) is 1. The first kappa shape index (κ1) is 22.8. The van der Waals surface area contributed by atoms with E-state index in [0.717, 1.165) is 38.5 Å². The van der Waals surface area contributed by atoms with Crippen LogP contribution in [-0.4, -0.2) is 43.1 Å². The zero-order chi connectivity index (χ0) is 24.3. The predicted octanol–water partition coefficient (Wildman–Crippen LogP) is 4.94. The highest BCUT2D eigenvalue weighted by molar-refractivity contribution is 5.91. The molecule has 1 aromatic carbocycles. The fraction of sp³-hybridized carbons (Fsp3) is 0.500. The Morgan fingerprint density at radius 3 is 2.65 bits per heavy atom. The van der Waals surface area contributed by atoms with E-state index in [1.54, 1.807) is 0 Å². The van der Waals surface area contributed by atoms with E-state index in [1.807, 2.05) is 0 Å². The number of rotatable bonds is 3. The Balaban J connectivity index is 1.49. The van der Waals surface area contributed by atoms with Gasteiger partial charge in [0.2, 0.25) is 5.95 Å². The molecule has 1 saturated heterocycles. The Morgan fingerprint density at radius 2 is 1.94 bits per heavy atom. The van der Waals surface area contributed by atoms with Crippen molar-refractivity contribution in [3.63, 3.8) is 0 Å². The number of anilines is 1. The molecule has 1 saturated carbocycles. The van der Waals surface area contributed by atoms with Crippen molar-refractivity contribution in [2.24, 2.45) is 7.05 Å². The van der Waals surface area contributed by atoms with Gasteiger partial charge in [0.25, 0.3) is 0 Å². The quantitative estimate of drug-likeness (QED) is 0.514. The second kappa shape index (κ2) is 8.03. The van der Waals surface area contributed by atoms with Gasteiger partial charge in [0, 0.05) is 31.5 Å². The van der Waals surface area contributed by atoms with E-state index in [-0.39, 0.29) is 28.4 Å². The van der Waals surface area contributed by atoms with Gasteiger partial charge in [-0.1, -0.05) is 12.8 Å². The van der Waals surface area contributed by atoms with Crippen LogP contribution in [0.25, 0.3) is 22.3 Å². The molecule has 1 aliphatic carbocycles. The third-order valence-corrected chi connectivity index (χ3v) is 6.66. The zero-order valence-corrected chi connectivity index (χ0v) is 18.2. The third-order valence-electron chi connectivity index (χ3n) is 6.66. The van der Waals surface area contributed by atoms with E-state index in [0.29, 0.717) is 18.6 Å². The first-order valence-electron chi connectivity index (χ1n) is 11.0. The van der Waals surface area contributed by atoms with Crippen molar-refractivity contribution in [3.8, 4) is 17.0 Å². The van der Waals surface area contributed by atoms with Gasteiger partial charge in [0.15, 0.2) is 23.0 Å². The number of hydrogen-bond acceptors (Lipinski definition) is 6. The highest BCUT2D eigenvalue weighted by Gasteiger charge is 2.40. The van der Waals surface area contributed by atoms with Crippen molar-refractivity contribution in [2.45, 2.75) is 56.3 Å². The van der Waals surface area contributed by atoms with Crippen molar-refractivity contribution in [1.82, 2.24) is 19.7 Å². The van der Waals surface area contributed by atoms with Gasteiger partial charge in [-0.15, -0.1) is 0 Å². The third kappa shape index (κ3) is 3.83. The van der Waals surface area contributed by atoms with Crippen molar-refractivity contribution < 1.29 is 31.8 Å². The largest absolute Gasteiger partial charge is 0.503 e. The number of benzene rings is 1. The van der Waals surface area contributed by atoms with Crippen LogP contribution in [0.3, 0.4) is 0 Å². The maximum atomic E-state index is 14.6. The molecule has 182 valence electrons. The van der Waals surface area contributed by atoms with E-state index in [1.165, 1.54) is 17.9 Å². The number of halogens is 5. The summed E-state index contributed by atoms with van der Waals surface area (Å²) in [5.41, 5.74) is -2.60. The Labute approximate surface area is 191 Å². The average Bonchev–Trinajstić information content (AvgIpc) is 3.36. The summed E-state index contributed by atoms with van der Waals surface area (Å²) < 4.78 is 75.5. The van der Waals surface area contributed by atoms with Gasteiger partial charge in [0.05, 0.1) is 16.6 Å². The summed E-state index contributed by atoms with van der Waals surface area (Å²) in [4.78, 5) is 8.69. The van der Waals surface area contributed by atoms with E-state index in [9.17, 15) is 27.1 Å². The number of aromatic nitrogens is 4. The van der Waals surface area contributed by atoms with E-state index >= 15 is 0 Å². The summed E-state index contributed by atoms with van der Waals surface area (Å²) in [6.45, 7) is 0.630. The van der Waals surface area contributed by atoms with Crippen LogP contribution in [0.5, 0.6) is 5.75 Å². The highest BCUT2D eigenvalue weighted by atomic mass is 19.4. The molecule has 12 heteroatoms. The lowest BCUT2D eigenvalue weighted by Gasteiger charge is -2.38. The predicted molar refractivity (Wildman–Crippen MR) is 112 cm³/mol. The van der Waals surface area contributed by atoms with E-state index < -0.39 is 34.7 Å². The molecule has 2 aromatic heterocycles. The standard InChI is InChI=1S/C22H22F5N5O2/c1-32-19-13(17(31-32)12-8-14(22(25,26)27)16(24)18(33)15(12)23)10-28-20(30-19)29-11-4-7-34-21(9-11)5-2-3-6-21/h8,10-11,33H,2-7,9H2,1H3,(H,28,29,30). The molecule has 1 unspecified atom stereocenters. The van der Waals surface area contributed by atoms with Gasteiger partial charge in [-0.05, 0) is 31.7 Å². The molecule has 0 bridgehead atoms. The van der Waals surface area contributed by atoms with Crippen LogP contribution in [0, 0.1) is 11.6 Å². The lowest BCUT2D eigenvalue weighted by atomic mass is 9.89. The average molecular weight is 483 g/mol. The van der Waals surface area contributed by atoms with Crippen LogP contribution in [0.15, 0.2) is 12.3 Å². The molecule has 1 atom stereocenters.